The second-order valence-corrected chi connectivity index (χ2v) is 7.07. The van der Waals surface area contributed by atoms with Crippen LogP contribution in [0.2, 0.25) is 0 Å². The quantitative estimate of drug-likeness (QED) is 0.714. The van der Waals surface area contributed by atoms with Gasteiger partial charge in [-0.1, -0.05) is 48.6 Å². The van der Waals surface area contributed by atoms with Gasteiger partial charge in [-0.2, -0.15) is 0 Å². The Kier molecular flexibility index (Phi) is 4.73. The Hall–Kier alpha value is -2.12. The molecule has 3 rings (SSSR count). The zero-order valence-electron chi connectivity index (χ0n) is 15.5. The van der Waals surface area contributed by atoms with Gasteiger partial charge >= 0.3 is 0 Å². The molecular weight excluding hydrogens is 290 g/mol. The topological polar surface area (TPSA) is 3.24 Å². The summed E-state index contributed by atoms with van der Waals surface area (Å²) in [4.78, 5) is 2.24. The summed E-state index contributed by atoms with van der Waals surface area (Å²) in [7, 11) is 4.27. The smallest absolute Gasteiger partial charge is 0.0230 e. The predicted octanol–water partition coefficient (Wildman–Crippen LogP) is 5.55. The molecule has 0 heterocycles. The van der Waals surface area contributed by atoms with Crippen LogP contribution < -0.4 is 0 Å². The van der Waals surface area contributed by atoms with E-state index in [9.17, 15) is 0 Å². The maximum absolute atomic E-state index is 2.29. The van der Waals surface area contributed by atoms with Gasteiger partial charge in [0.1, 0.15) is 0 Å². The van der Waals surface area contributed by atoms with Crippen molar-refractivity contribution in [3.8, 4) is 11.1 Å². The average Bonchev–Trinajstić information content (AvgIpc) is 3.00. The Morgan fingerprint density at radius 2 is 1.54 bits per heavy atom. The summed E-state index contributed by atoms with van der Waals surface area (Å²) in [6.07, 6.45) is 5.61. The Bertz CT molecular complexity index is 822. The number of aryl methyl sites for hydroxylation is 1. The summed E-state index contributed by atoms with van der Waals surface area (Å²) in [6.45, 7) is 7.66. The fourth-order valence-corrected chi connectivity index (χ4v) is 3.55. The number of nitrogens with zero attached hydrogens (tertiary/aromatic N) is 1. The summed E-state index contributed by atoms with van der Waals surface area (Å²) in [5.41, 5.74) is 11.2. The van der Waals surface area contributed by atoms with Gasteiger partial charge in [-0.3, -0.25) is 0 Å². The zero-order chi connectivity index (χ0) is 17.3. The monoisotopic (exact) mass is 317 g/mol. The maximum atomic E-state index is 2.29. The first-order valence-electron chi connectivity index (χ1n) is 8.69. The third kappa shape index (κ3) is 3.09. The summed E-state index contributed by atoms with van der Waals surface area (Å²) in [5.74, 6) is 0. The van der Waals surface area contributed by atoms with Crippen LogP contribution in [0.1, 0.15) is 28.7 Å². The Balaban J connectivity index is 2.15. The molecule has 1 heteroatoms. The minimum absolute atomic E-state index is 0.992. The largest absolute Gasteiger partial charge is 0.305 e. The van der Waals surface area contributed by atoms with Crippen LogP contribution in [-0.2, 0) is 0 Å². The first-order valence-corrected chi connectivity index (χ1v) is 8.69. The van der Waals surface area contributed by atoms with Crippen LogP contribution in [0.5, 0.6) is 0 Å². The normalized spacial score (nSPS) is 14.1. The number of rotatable bonds is 4. The number of allylic oxidation sites excluding steroid dienone is 2. The maximum Gasteiger partial charge on any atom is 0.0230 e. The molecule has 0 saturated heterocycles. The van der Waals surface area contributed by atoms with Gasteiger partial charge in [0, 0.05) is 6.54 Å². The van der Waals surface area contributed by atoms with Crippen LogP contribution in [0.3, 0.4) is 0 Å². The highest BCUT2D eigenvalue weighted by atomic mass is 15.0. The van der Waals surface area contributed by atoms with Gasteiger partial charge in [-0.15, -0.1) is 0 Å². The second kappa shape index (κ2) is 6.78. The molecule has 0 radical (unpaired) electrons. The summed E-state index contributed by atoms with van der Waals surface area (Å²) in [6, 6.07) is 13.4. The standard InChI is InChI=1S/C23H27N/c1-16-13-14-20(18(3)17(16)2)22-10-6-7-11-23(22)21-12-8-9-19(21)15-24(4)5/h6-11,13-14H,12,15H2,1-5H3. The molecule has 0 spiro atoms. The summed E-state index contributed by atoms with van der Waals surface area (Å²) in [5, 5.41) is 0. The molecule has 0 aromatic heterocycles. The molecule has 0 saturated carbocycles. The average molecular weight is 317 g/mol. The van der Waals surface area contributed by atoms with Gasteiger partial charge in [0.15, 0.2) is 0 Å². The van der Waals surface area contributed by atoms with Crippen molar-refractivity contribution >= 4 is 5.57 Å². The van der Waals surface area contributed by atoms with Crippen molar-refractivity contribution < 1.29 is 0 Å². The van der Waals surface area contributed by atoms with Crippen LogP contribution in [0.15, 0.2) is 54.1 Å². The molecule has 0 amide bonds. The fourth-order valence-electron chi connectivity index (χ4n) is 3.55. The van der Waals surface area contributed by atoms with Crippen molar-refractivity contribution in [2.75, 3.05) is 20.6 Å². The second-order valence-electron chi connectivity index (χ2n) is 7.07. The lowest BCUT2D eigenvalue weighted by Gasteiger charge is -2.18. The predicted molar refractivity (Wildman–Crippen MR) is 105 cm³/mol. The number of benzene rings is 2. The van der Waals surface area contributed by atoms with Crippen LogP contribution >= 0.6 is 0 Å². The van der Waals surface area contributed by atoms with Gasteiger partial charge in [0.2, 0.25) is 0 Å². The molecule has 0 unspecified atom stereocenters. The highest BCUT2D eigenvalue weighted by Gasteiger charge is 2.17. The van der Waals surface area contributed by atoms with Crippen LogP contribution in [0.4, 0.5) is 0 Å². The van der Waals surface area contributed by atoms with E-state index in [1.165, 1.54) is 44.5 Å². The van der Waals surface area contributed by atoms with Crippen molar-refractivity contribution in [2.24, 2.45) is 0 Å². The molecule has 0 aliphatic heterocycles. The van der Waals surface area contributed by atoms with E-state index in [-0.39, 0.29) is 0 Å². The zero-order valence-corrected chi connectivity index (χ0v) is 15.5. The highest BCUT2D eigenvalue weighted by molar-refractivity contribution is 5.87. The molecule has 1 aliphatic carbocycles. The number of likely N-dealkylation sites (N-methyl/N-ethyl adjacent to an activating group) is 1. The number of hydrogen-bond acceptors (Lipinski definition) is 1. The molecule has 124 valence electrons. The van der Waals surface area contributed by atoms with E-state index in [4.69, 9.17) is 0 Å². The minimum Gasteiger partial charge on any atom is -0.305 e. The van der Waals surface area contributed by atoms with E-state index < -0.39 is 0 Å². The first-order chi connectivity index (χ1) is 11.5. The van der Waals surface area contributed by atoms with Crippen molar-refractivity contribution in [1.82, 2.24) is 4.90 Å². The highest BCUT2D eigenvalue weighted by Crippen LogP contribution is 2.37. The minimum atomic E-state index is 0.992. The van der Waals surface area contributed by atoms with Crippen LogP contribution in [-0.4, -0.2) is 25.5 Å². The van der Waals surface area contributed by atoms with E-state index in [2.05, 4.69) is 88.3 Å². The molecule has 24 heavy (non-hydrogen) atoms. The van der Waals surface area contributed by atoms with E-state index >= 15 is 0 Å². The third-order valence-electron chi connectivity index (χ3n) is 5.12. The van der Waals surface area contributed by atoms with Crippen LogP contribution in [0, 0.1) is 20.8 Å². The van der Waals surface area contributed by atoms with Crippen molar-refractivity contribution in [2.45, 2.75) is 27.2 Å². The molecule has 1 aliphatic rings. The Morgan fingerprint density at radius 1 is 0.833 bits per heavy atom. The lowest BCUT2D eigenvalue weighted by Crippen LogP contribution is -2.14. The molecule has 2 aromatic rings. The fraction of sp³-hybridized carbons (Fsp3) is 0.304. The Morgan fingerprint density at radius 3 is 2.25 bits per heavy atom. The molecule has 2 aromatic carbocycles. The first kappa shape index (κ1) is 16.7. The van der Waals surface area contributed by atoms with Crippen LogP contribution in [0.25, 0.3) is 16.7 Å². The molecular formula is C23H27N. The number of hydrogen-bond donors (Lipinski definition) is 0. The third-order valence-corrected chi connectivity index (χ3v) is 5.12. The van der Waals surface area contributed by atoms with E-state index in [1.54, 1.807) is 0 Å². The van der Waals surface area contributed by atoms with E-state index in [0.29, 0.717) is 0 Å². The molecule has 0 bridgehead atoms. The lowest BCUT2D eigenvalue weighted by molar-refractivity contribution is 0.450. The van der Waals surface area contributed by atoms with Crippen molar-refractivity contribution in [3.05, 3.63) is 76.4 Å². The summed E-state index contributed by atoms with van der Waals surface area (Å²) >= 11 is 0. The molecule has 0 N–H and O–H groups in total. The van der Waals surface area contributed by atoms with E-state index in [0.717, 1.165) is 13.0 Å². The van der Waals surface area contributed by atoms with Gasteiger partial charge in [0.25, 0.3) is 0 Å². The lowest BCUT2D eigenvalue weighted by atomic mass is 9.88. The summed E-state index contributed by atoms with van der Waals surface area (Å²) < 4.78 is 0. The van der Waals surface area contributed by atoms with Gasteiger partial charge < -0.3 is 4.90 Å². The van der Waals surface area contributed by atoms with Gasteiger partial charge in [-0.05, 0) is 85.8 Å². The van der Waals surface area contributed by atoms with Crippen molar-refractivity contribution in [1.29, 1.82) is 0 Å². The van der Waals surface area contributed by atoms with Gasteiger partial charge in [0.05, 0.1) is 0 Å². The molecule has 0 atom stereocenters. The van der Waals surface area contributed by atoms with E-state index in [1.807, 2.05) is 0 Å². The van der Waals surface area contributed by atoms with Crippen molar-refractivity contribution in [3.63, 3.8) is 0 Å². The molecule has 1 nitrogen and oxygen atoms in total. The van der Waals surface area contributed by atoms with Gasteiger partial charge in [-0.25, -0.2) is 0 Å². The SMILES string of the molecule is Cc1ccc(-c2ccccc2C2=C(CN(C)C)C=CC2)c(C)c1C. The molecule has 0 fully saturated rings. The Labute approximate surface area is 146 Å².